The average Bonchev–Trinajstić information content (AvgIpc) is 2.48. The van der Waals surface area contributed by atoms with Gasteiger partial charge in [0.25, 0.3) is 5.56 Å². The number of aryl methyl sites for hydroxylation is 1. The highest BCUT2D eigenvalue weighted by Crippen LogP contribution is 2.13. The van der Waals surface area contributed by atoms with Crippen molar-refractivity contribution in [1.29, 1.82) is 0 Å². The molecule has 4 heteroatoms. The summed E-state index contributed by atoms with van der Waals surface area (Å²) >= 11 is 0. The van der Waals surface area contributed by atoms with Crippen LogP contribution in [-0.4, -0.2) is 9.55 Å². The fraction of sp³-hybridized carbons (Fsp3) is 0.125. The minimum atomic E-state index is -0.0375. The Morgan fingerprint density at radius 2 is 2.00 bits per heavy atom. The fourth-order valence-electron chi connectivity index (χ4n) is 2.34. The van der Waals surface area contributed by atoms with E-state index in [1.165, 1.54) is 0 Å². The number of nitrogen functional groups attached to an aromatic ring is 1. The van der Waals surface area contributed by atoms with Gasteiger partial charge in [-0.25, -0.2) is 0 Å². The summed E-state index contributed by atoms with van der Waals surface area (Å²) in [5, 5.41) is 1.58. The number of hydrogen-bond donors (Lipinski definition) is 1. The second-order valence-electron chi connectivity index (χ2n) is 4.72. The second kappa shape index (κ2) is 5.17. The van der Waals surface area contributed by atoms with Gasteiger partial charge in [-0.15, -0.1) is 0 Å². The Bertz CT molecular complexity index is 794. The number of nitrogens with two attached hydrogens (primary N) is 1. The van der Waals surface area contributed by atoms with Crippen molar-refractivity contribution in [3.8, 4) is 0 Å². The molecule has 0 aliphatic heterocycles. The van der Waals surface area contributed by atoms with Gasteiger partial charge in [0.05, 0.1) is 0 Å². The molecule has 100 valence electrons. The third-order valence-corrected chi connectivity index (χ3v) is 3.40. The zero-order valence-electron chi connectivity index (χ0n) is 11.0. The number of hydrogen-bond acceptors (Lipinski definition) is 3. The molecule has 20 heavy (non-hydrogen) atoms. The van der Waals surface area contributed by atoms with E-state index in [-0.39, 0.29) is 5.56 Å². The molecular formula is C16H15N3O. The second-order valence-corrected chi connectivity index (χ2v) is 4.72. The van der Waals surface area contributed by atoms with Crippen LogP contribution >= 0.6 is 0 Å². The van der Waals surface area contributed by atoms with E-state index < -0.39 is 0 Å². The van der Waals surface area contributed by atoms with Gasteiger partial charge >= 0.3 is 0 Å². The molecule has 0 bridgehead atoms. The van der Waals surface area contributed by atoms with Crippen LogP contribution < -0.4 is 11.3 Å². The summed E-state index contributed by atoms with van der Waals surface area (Å²) in [4.78, 5) is 16.5. The van der Waals surface area contributed by atoms with E-state index in [1.54, 1.807) is 10.8 Å². The maximum Gasteiger partial charge on any atom is 0.259 e. The number of benzene rings is 1. The maximum atomic E-state index is 12.4. The molecule has 0 saturated heterocycles. The van der Waals surface area contributed by atoms with E-state index in [9.17, 15) is 4.79 Å². The van der Waals surface area contributed by atoms with E-state index in [2.05, 4.69) is 4.98 Å². The maximum absolute atomic E-state index is 12.4. The standard InChI is InChI=1S/C16H15N3O/c17-15-10-13-5-1-2-6-14(13)16(20)19(15)9-7-12-4-3-8-18-11-12/h1-6,8,10-11H,7,9,17H2. The Morgan fingerprint density at radius 3 is 2.80 bits per heavy atom. The first-order valence-corrected chi connectivity index (χ1v) is 6.52. The van der Waals surface area contributed by atoms with Gasteiger partial charge in [0, 0.05) is 24.3 Å². The van der Waals surface area contributed by atoms with Gasteiger partial charge in [-0.3, -0.25) is 14.3 Å². The highest BCUT2D eigenvalue weighted by Gasteiger charge is 2.06. The van der Waals surface area contributed by atoms with Crippen molar-refractivity contribution in [1.82, 2.24) is 9.55 Å². The topological polar surface area (TPSA) is 60.9 Å². The van der Waals surface area contributed by atoms with Crippen molar-refractivity contribution in [3.63, 3.8) is 0 Å². The Hall–Kier alpha value is -2.62. The number of nitrogens with zero attached hydrogens (tertiary/aromatic N) is 2. The van der Waals surface area contributed by atoms with Gasteiger partial charge < -0.3 is 5.73 Å². The highest BCUT2D eigenvalue weighted by atomic mass is 16.1. The van der Waals surface area contributed by atoms with E-state index in [1.807, 2.05) is 48.7 Å². The van der Waals surface area contributed by atoms with Gasteiger partial charge in [-0.1, -0.05) is 24.3 Å². The van der Waals surface area contributed by atoms with E-state index in [4.69, 9.17) is 5.73 Å². The molecule has 0 unspecified atom stereocenters. The lowest BCUT2D eigenvalue weighted by atomic mass is 10.1. The minimum Gasteiger partial charge on any atom is -0.385 e. The monoisotopic (exact) mass is 265 g/mol. The minimum absolute atomic E-state index is 0.0375. The Morgan fingerprint density at radius 1 is 1.15 bits per heavy atom. The Labute approximate surface area is 116 Å². The summed E-state index contributed by atoms with van der Waals surface area (Å²) in [6.45, 7) is 0.557. The smallest absolute Gasteiger partial charge is 0.259 e. The summed E-state index contributed by atoms with van der Waals surface area (Å²) in [7, 11) is 0. The van der Waals surface area contributed by atoms with Crippen LogP contribution in [0.2, 0.25) is 0 Å². The zero-order valence-corrected chi connectivity index (χ0v) is 11.0. The quantitative estimate of drug-likeness (QED) is 0.790. The van der Waals surface area contributed by atoms with Crippen molar-refractivity contribution < 1.29 is 0 Å². The third kappa shape index (κ3) is 2.28. The molecule has 1 aromatic carbocycles. The lowest BCUT2D eigenvalue weighted by Gasteiger charge is -2.11. The first kappa shape index (κ1) is 12.4. The van der Waals surface area contributed by atoms with E-state index in [0.717, 1.165) is 17.4 Å². The van der Waals surface area contributed by atoms with Gasteiger partial charge in [0.15, 0.2) is 0 Å². The largest absolute Gasteiger partial charge is 0.385 e. The summed E-state index contributed by atoms with van der Waals surface area (Å²) in [6, 6.07) is 13.2. The number of fused-ring (bicyclic) bond motifs is 1. The third-order valence-electron chi connectivity index (χ3n) is 3.40. The summed E-state index contributed by atoms with van der Waals surface area (Å²) in [5.41, 5.74) is 7.05. The Kier molecular flexibility index (Phi) is 3.21. The van der Waals surface area contributed by atoms with Crippen LogP contribution in [0.25, 0.3) is 10.8 Å². The molecule has 3 aromatic rings. The summed E-state index contributed by atoms with van der Waals surface area (Å²) in [6.07, 6.45) is 4.28. The van der Waals surface area contributed by atoms with Crippen LogP contribution in [0, 0.1) is 0 Å². The lowest BCUT2D eigenvalue weighted by Crippen LogP contribution is -2.24. The van der Waals surface area contributed by atoms with E-state index >= 15 is 0 Å². The lowest BCUT2D eigenvalue weighted by molar-refractivity contribution is 0.683. The van der Waals surface area contributed by atoms with Crippen molar-refractivity contribution >= 4 is 16.6 Å². The molecule has 0 atom stereocenters. The van der Waals surface area contributed by atoms with Gasteiger partial charge in [-0.2, -0.15) is 0 Å². The summed E-state index contributed by atoms with van der Waals surface area (Å²) in [5.74, 6) is 0.498. The average molecular weight is 265 g/mol. The van der Waals surface area contributed by atoms with Crippen LogP contribution in [0.4, 0.5) is 5.82 Å². The van der Waals surface area contributed by atoms with Crippen molar-refractivity contribution in [2.75, 3.05) is 5.73 Å². The van der Waals surface area contributed by atoms with Crippen LogP contribution in [0.3, 0.4) is 0 Å². The SMILES string of the molecule is Nc1cc2ccccc2c(=O)n1CCc1cccnc1. The first-order chi connectivity index (χ1) is 9.75. The van der Waals surface area contributed by atoms with Gasteiger partial charge in [0.1, 0.15) is 5.82 Å². The molecule has 0 saturated carbocycles. The molecule has 0 amide bonds. The Balaban J connectivity index is 1.97. The molecule has 0 aliphatic carbocycles. The van der Waals surface area contributed by atoms with Crippen LogP contribution in [0.5, 0.6) is 0 Å². The molecule has 0 fully saturated rings. The number of anilines is 1. The molecule has 0 aliphatic rings. The van der Waals surface area contributed by atoms with E-state index in [0.29, 0.717) is 17.7 Å². The van der Waals surface area contributed by atoms with Crippen molar-refractivity contribution in [2.24, 2.45) is 0 Å². The molecule has 3 rings (SSSR count). The normalized spacial score (nSPS) is 10.8. The highest BCUT2D eigenvalue weighted by molar-refractivity contribution is 5.83. The molecular weight excluding hydrogens is 250 g/mol. The first-order valence-electron chi connectivity index (χ1n) is 6.52. The van der Waals surface area contributed by atoms with Gasteiger partial charge in [0.2, 0.25) is 0 Å². The molecule has 0 spiro atoms. The molecule has 2 N–H and O–H groups in total. The van der Waals surface area contributed by atoms with Crippen LogP contribution in [0.1, 0.15) is 5.56 Å². The van der Waals surface area contributed by atoms with Gasteiger partial charge in [-0.05, 0) is 35.6 Å². The zero-order chi connectivity index (χ0) is 13.9. The molecule has 0 radical (unpaired) electrons. The fourth-order valence-corrected chi connectivity index (χ4v) is 2.34. The predicted octanol–water partition coefficient (Wildman–Crippen LogP) is 2.22. The summed E-state index contributed by atoms with van der Waals surface area (Å²) < 4.78 is 1.62. The number of aromatic nitrogens is 2. The van der Waals surface area contributed by atoms with Crippen molar-refractivity contribution in [3.05, 3.63) is 70.8 Å². The number of rotatable bonds is 3. The van der Waals surface area contributed by atoms with Crippen LogP contribution in [-0.2, 0) is 13.0 Å². The molecule has 4 nitrogen and oxygen atoms in total. The molecule has 2 aromatic heterocycles. The van der Waals surface area contributed by atoms with Crippen LogP contribution in [0.15, 0.2) is 59.7 Å². The van der Waals surface area contributed by atoms with Crippen molar-refractivity contribution in [2.45, 2.75) is 13.0 Å². The predicted molar refractivity (Wildman–Crippen MR) is 80.6 cm³/mol. The number of pyridine rings is 2. The molecule has 2 heterocycles.